The molecule has 1 aromatic carbocycles. The standard InChI is InChI=1S/C11H11NO3/c1-11(2)6-8-7(10(11)13)4-3-5-9(8)12(14)15/h3-5H,6H2,1-2H3. The summed E-state index contributed by atoms with van der Waals surface area (Å²) in [7, 11) is 0. The molecule has 1 aliphatic carbocycles. The SMILES string of the molecule is CC1(C)Cc2c(cccc2[N+](=O)[O-])C1=O. The first-order valence-electron chi connectivity index (χ1n) is 4.74. The average molecular weight is 205 g/mol. The molecule has 4 heteroatoms. The summed E-state index contributed by atoms with van der Waals surface area (Å²) in [6.45, 7) is 3.64. The number of ketones is 1. The minimum atomic E-state index is -0.506. The number of hydrogen-bond donors (Lipinski definition) is 0. The van der Waals surface area contributed by atoms with Gasteiger partial charge in [-0.1, -0.05) is 26.0 Å². The Morgan fingerprint density at radius 3 is 2.67 bits per heavy atom. The van der Waals surface area contributed by atoms with Crippen molar-refractivity contribution in [2.45, 2.75) is 20.3 Å². The molecule has 0 fully saturated rings. The molecule has 0 aromatic heterocycles. The van der Waals surface area contributed by atoms with E-state index in [0.29, 0.717) is 17.5 Å². The number of hydrogen-bond acceptors (Lipinski definition) is 3. The van der Waals surface area contributed by atoms with Crippen LogP contribution in [0.25, 0.3) is 0 Å². The van der Waals surface area contributed by atoms with Gasteiger partial charge in [-0.05, 0) is 6.42 Å². The van der Waals surface area contributed by atoms with Crippen LogP contribution in [0.15, 0.2) is 18.2 Å². The molecule has 0 N–H and O–H groups in total. The first kappa shape index (κ1) is 9.83. The van der Waals surface area contributed by atoms with Crippen LogP contribution in [-0.2, 0) is 6.42 Å². The van der Waals surface area contributed by atoms with Crippen LogP contribution in [0, 0.1) is 15.5 Å². The van der Waals surface area contributed by atoms with Gasteiger partial charge in [0.15, 0.2) is 5.78 Å². The number of nitrogens with zero attached hydrogens (tertiary/aromatic N) is 1. The van der Waals surface area contributed by atoms with Crippen LogP contribution in [0.4, 0.5) is 5.69 Å². The largest absolute Gasteiger partial charge is 0.294 e. The second-order valence-corrected chi connectivity index (χ2v) is 4.45. The molecule has 0 saturated carbocycles. The summed E-state index contributed by atoms with van der Waals surface area (Å²) in [6, 6.07) is 4.68. The van der Waals surface area contributed by atoms with Gasteiger partial charge in [0.2, 0.25) is 0 Å². The van der Waals surface area contributed by atoms with E-state index >= 15 is 0 Å². The summed E-state index contributed by atoms with van der Waals surface area (Å²) >= 11 is 0. The summed E-state index contributed by atoms with van der Waals surface area (Å²) in [6.07, 6.45) is 0.457. The number of carbonyl (C=O) groups is 1. The Bertz CT molecular complexity index is 463. The lowest BCUT2D eigenvalue weighted by Gasteiger charge is -2.12. The van der Waals surface area contributed by atoms with Crippen molar-refractivity contribution in [2.24, 2.45) is 5.41 Å². The van der Waals surface area contributed by atoms with Gasteiger partial charge < -0.3 is 0 Å². The Morgan fingerprint density at radius 1 is 1.40 bits per heavy atom. The highest BCUT2D eigenvalue weighted by Gasteiger charge is 2.40. The van der Waals surface area contributed by atoms with Gasteiger partial charge in [-0.15, -0.1) is 0 Å². The van der Waals surface area contributed by atoms with Gasteiger partial charge in [0.25, 0.3) is 5.69 Å². The highest BCUT2D eigenvalue weighted by atomic mass is 16.6. The quantitative estimate of drug-likeness (QED) is 0.522. The molecule has 0 saturated heterocycles. The second kappa shape index (κ2) is 2.89. The summed E-state index contributed by atoms with van der Waals surface area (Å²) < 4.78 is 0. The molecule has 0 heterocycles. The molecule has 0 bridgehead atoms. The molecule has 0 aliphatic heterocycles. The first-order chi connectivity index (χ1) is 6.93. The Balaban J connectivity index is 2.64. The van der Waals surface area contributed by atoms with Crippen LogP contribution >= 0.6 is 0 Å². The summed E-state index contributed by atoms with van der Waals surface area (Å²) in [5.74, 6) is 0.00111. The fourth-order valence-electron chi connectivity index (χ4n) is 2.03. The summed E-state index contributed by atoms with van der Waals surface area (Å²) in [5, 5.41) is 10.8. The minimum absolute atomic E-state index is 0.00111. The maximum atomic E-state index is 11.9. The smallest absolute Gasteiger partial charge is 0.273 e. The molecule has 15 heavy (non-hydrogen) atoms. The Hall–Kier alpha value is -1.71. The van der Waals surface area contributed by atoms with E-state index in [-0.39, 0.29) is 11.5 Å². The number of carbonyl (C=O) groups excluding carboxylic acids is 1. The van der Waals surface area contributed by atoms with E-state index in [1.165, 1.54) is 6.07 Å². The fourth-order valence-corrected chi connectivity index (χ4v) is 2.03. The zero-order valence-electron chi connectivity index (χ0n) is 8.61. The van der Waals surface area contributed by atoms with Gasteiger partial charge in [0, 0.05) is 22.6 Å². The summed E-state index contributed by atoms with van der Waals surface area (Å²) in [5.41, 5.74) is 0.646. The van der Waals surface area contributed by atoms with Crippen LogP contribution in [0.2, 0.25) is 0 Å². The Kier molecular flexibility index (Phi) is 1.89. The average Bonchev–Trinajstić information content (AvgIpc) is 2.37. The van der Waals surface area contributed by atoms with Crippen molar-refractivity contribution in [1.29, 1.82) is 0 Å². The molecule has 0 atom stereocenters. The van der Waals surface area contributed by atoms with Crippen molar-refractivity contribution in [3.63, 3.8) is 0 Å². The van der Waals surface area contributed by atoms with Gasteiger partial charge in [0.1, 0.15) is 0 Å². The van der Waals surface area contributed by atoms with E-state index in [0.717, 1.165) is 0 Å². The number of fused-ring (bicyclic) bond motifs is 1. The van der Waals surface area contributed by atoms with E-state index in [1.807, 2.05) is 13.8 Å². The van der Waals surface area contributed by atoms with E-state index in [9.17, 15) is 14.9 Å². The predicted octanol–water partition coefficient (Wildman–Crippen LogP) is 2.36. The van der Waals surface area contributed by atoms with Crippen LogP contribution in [0.3, 0.4) is 0 Å². The number of nitro groups is 1. The maximum absolute atomic E-state index is 11.9. The van der Waals surface area contributed by atoms with Crippen molar-refractivity contribution >= 4 is 11.5 Å². The highest BCUT2D eigenvalue weighted by molar-refractivity contribution is 6.05. The highest BCUT2D eigenvalue weighted by Crippen LogP contribution is 2.40. The molecule has 1 aliphatic rings. The van der Waals surface area contributed by atoms with Gasteiger partial charge in [-0.3, -0.25) is 14.9 Å². The van der Waals surface area contributed by atoms with Crippen LogP contribution in [-0.4, -0.2) is 10.7 Å². The molecule has 2 rings (SSSR count). The topological polar surface area (TPSA) is 60.2 Å². The maximum Gasteiger partial charge on any atom is 0.273 e. The Labute approximate surface area is 87.1 Å². The second-order valence-electron chi connectivity index (χ2n) is 4.45. The molecule has 78 valence electrons. The molecular weight excluding hydrogens is 194 g/mol. The molecule has 4 nitrogen and oxygen atoms in total. The fraction of sp³-hybridized carbons (Fsp3) is 0.364. The molecule has 0 unspecified atom stereocenters. The lowest BCUT2D eigenvalue weighted by atomic mass is 9.89. The van der Waals surface area contributed by atoms with E-state index in [1.54, 1.807) is 12.1 Å². The van der Waals surface area contributed by atoms with E-state index in [2.05, 4.69) is 0 Å². The zero-order valence-corrected chi connectivity index (χ0v) is 8.61. The van der Waals surface area contributed by atoms with Crippen molar-refractivity contribution in [1.82, 2.24) is 0 Å². The summed E-state index contributed by atoms with van der Waals surface area (Å²) in [4.78, 5) is 22.2. The lowest BCUT2D eigenvalue weighted by Crippen LogP contribution is -2.18. The third-order valence-electron chi connectivity index (χ3n) is 2.83. The Morgan fingerprint density at radius 2 is 2.07 bits per heavy atom. The number of rotatable bonds is 1. The normalized spacial score (nSPS) is 17.6. The van der Waals surface area contributed by atoms with Crippen molar-refractivity contribution in [3.05, 3.63) is 39.4 Å². The molecule has 1 aromatic rings. The minimum Gasteiger partial charge on any atom is -0.294 e. The number of nitro benzene ring substituents is 1. The van der Waals surface area contributed by atoms with Crippen molar-refractivity contribution in [3.8, 4) is 0 Å². The van der Waals surface area contributed by atoms with Crippen LogP contribution in [0.5, 0.6) is 0 Å². The molecule has 0 radical (unpaired) electrons. The van der Waals surface area contributed by atoms with Gasteiger partial charge in [-0.2, -0.15) is 0 Å². The lowest BCUT2D eigenvalue weighted by molar-refractivity contribution is -0.385. The number of benzene rings is 1. The first-order valence-corrected chi connectivity index (χ1v) is 4.74. The third kappa shape index (κ3) is 1.33. The monoisotopic (exact) mass is 205 g/mol. The molecule has 0 spiro atoms. The van der Waals surface area contributed by atoms with E-state index < -0.39 is 10.3 Å². The van der Waals surface area contributed by atoms with E-state index in [4.69, 9.17) is 0 Å². The predicted molar refractivity (Wildman–Crippen MR) is 54.9 cm³/mol. The molecule has 0 amide bonds. The van der Waals surface area contributed by atoms with Crippen molar-refractivity contribution < 1.29 is 9.72 Å². The van der Waals surface area contributed by atoms with Gasteiger partial charge >= 0.3 is 0 Å². The molecular formula is C11H11NO3. The van der Waals surface area contributed by atoms with Gasteiger partial charge in [0.05, 0.1) is 4.92 Å². The van der Waals surface area contributed by atoms with Crippen molar-refractivity contribution in [2.75, 3.05) is 0 Å². The third-order valence-corrected chi connectivity index (χ3v) is 2.83. The number of Topliss-reactive ketones (excluding diaryl/α,β-unsaturated/α-hetero) is 1. The van der Waals surface area contributed by atoms with Crippen LogP contribution in [0.1, 0.15) is 29.8 Å². The van der Waals surface area contributed by atoms with Crippen LogP contribution < -0.4 is 0 Å². The van der Waals surface area contributed by atoms with Gasteiger partial charge in [-0.25, -0.2) is 0 Å². The zero-order chi connectivity index (χ0) is 11.2.